The van der Waals surface area contributed by atoms with Gasteiger partial charge in [-0.05, 0) is 112 Å². The molecule has 0 bridgehead atoms. The monoisotopic (exact) mass is 884 g/mol. The highest BCUT2D eigenvalue weighted by Gasteiger charge is 2.20. The fourth-order valence-corrected chi connectivity index (χ4v) is 11.9. The normalized spacial score (nSPS) is 11.8. The molecule has 14 rings (SSSR count). The minimum Gasteiger partial charge on any atom is -0.455 e. The largest absolute Gasteiger partial charge is 0.455 e. The summed E-state index contributed by atoms with van der Waals surface area (Å²) in [6, 6.07) is 88.1. The Morgan fingerprint density at radius 1 is 0.338 bits per heavy atom. The first-order valence-corrected chi connectivity index (χ1v) is 24.0. The molecule has 0 saturated carbocycles. The Kier molecular flexibility index (Phi) is 8.76. The van der Waals surface area contributed by atoms with Crippen LogP contribution in [-0.2, 0) is 0 Å². The number of thiophene rings is 1. The number of rotatable bonds is 7. The fraction of sp³-hybridized carbons (Fsp3) is 0. The van der Waals surface area contributed by atoms with Crippen LogP contribution in [0.4, 0.5) is 17.1 Å². The highest BCUT2D eigenvalue weighted by atomic mass is 32.1. The predicted molar refractivity (Wildman–Crippen MR) is 289 cm³/mol. The number of hydrogen-bond donors (Lipinski definition) is 0. The van der Waals surface area contributed by atoms with Crippen molar-refractivity contribution in [1.29, 1.82) is 0 Å². The van der Waals surface area contributed by atoms with E-state index in [0.717, 1.165) is 66.8 Å². The van der Waals surface area contributed by atoms with E-state index in [1.54, 1.807) is 0 Å². The van der Waals surface area contributed by atoms with Crippen molar-refractivity contribution in [2.24, 2.45) is 0 Å². The van der Waals surface area contributed by atoms with E-state index >= 15 is 0 Å². The fourth-order valence-electron chi connectivity index (χ4n) is 10.7. The number of aromatic nitrogens is 1. The van der Waals surface area contributed by atoms with Crippen LogP contribution in [0.5, 0.6) is 0 Å². The van der Waals surface area contributed by atoms with Gasteiger partial charge in [0.2, 0.25) is 0 Å². The second-order valence-corrected chi connectivity index (χ2v) is 18.7. The molecule has 0 unspecified atom stereocenters. The van der Waals surface area contributed by atoms with Crippen molar-refractivity contribution < 1.29 is 4.42 Å². The first-order valence-electron chi connectivity index (χ1n) is 23.2. The maximum Gasteiger partial charge on any atom is 0.143 e. The summed E-state index contributed by atoms with van der Waals surface area (Å²) >= 11 is 1.86. The third-order valence-electron chi connectivity index (χ3n) is 13.8. The van der Waals surface area contributed by atoms with Gasteiger partial charge in [0, 0.05) is 69.7 Å². The molecule has 0 radical (unpaired) electrons. The number of furan rings is 1. The summed E-state index contributed by atoms with van der Waals surface area (Å²) in [6.45, 7) is 0. The van der Waals surface area contributed by atoms with Crippen LogP contribution in [-0.4, -0.2) is 4.57 Å². The van der Waals surface area contributed by atoms with Crippen molar-refractivity contribution in [2.45, 2.75) is 0 Å². The summed E-state index contributed by atoms with van der Waals surface area (Å²) in [4.78, 5) is 2.37. The number of benzene rings is 11. The minimum absolute atomic E-state index is 0.894. The predicted octanol–water partition coefficient (Wildman–Crippen LogP) is 18.7. The SMILES string of the molecule is c1ccc(-n2c3ccccc3c3ccccc32)c(-c2ccc(N(c3ccc(-c4cccc5oc6c7ccccc7ccc6c45)cc3)c3ccc(-c4cccc5sc6ccccc6c45)cc3)cc2)c1. The lowest BCUT2D eigenvalue weighted by Gasteiger charge is -2.26. The summed E-state index contributed by atoms with van der Waals surface area (Å²) in [5.74, 6) is 0. The molecule has 14 aromatic rings. The molecule has 0 atom stereocenters. The number of anilines is 3. The van der Waals surface area contributed by atoms with Crippen molar-refractivity contribution >= 4 is 103 Å². The van der Waals surface area contributed by atoms with E-state index in [9.17, 15) is 0 Å². The summed E-state index contributed by atoms with van der Waals surface area (Å²) in [5.41, 5.74) is 15.7. The van der Waals surface area contributed by atoms with Gasteiger partial charge >= 0.3 is 0 Å². The van der Waals surface area contributed by atoms with Crippen LogP contribution in [0, 0.1) is 0 Å². The zero-order chi connectivity index (χ0) is 44.7. The maximum absolute atomic E-state index is 6.59. The zero-order valence-corrected chi connectivity index (χ0v) is 37.6. The van der Waals surface area contributed by atoms with Crippen molar-refractivity contribution in [3.63, 3.8) is 0 Å². The van der Waals surface area contributed by atoms with Gasteiger partial charge in [-0.3, -0.25) is 0 Å². The summed E-state index contributed by atoms with van der Waals surface area (Å²) in [6.07, 6.45) is 0. The van der Waals surface area contributed by atoms with Crippen LogP contribution in [0.15, 0.2) is 247 Å². The van der Waals surface area contributed by atoms with Crippen molar-refractivity contribution in [1.82, 2.24) is 4.57 Å². The zero-order valence-electron chi connectivity index (χ0n) is 36.8. The van der Waals surface area contributed by atoms with Crippen LogP contribution < -0.4 is 4.90 Å². The maximum atomic E-state index is 6.59. The highest BCUT2D eigenvalue weighted by molar-refractivity contribution is 7.25. The number of para-hydroxylation sites is 3. The van der Waals surface area contributed by atoms with Crippen LogP contribution in [0.1, 0.15) is 0 Å². The molecule has 3 aromatic heterocycles. The molecule has 318 valence electrons. The van der Waals surface area contributed by atoms with Crippen molar-refractivity contribution in [3.05, 3.63) is 243 Å². The van der Waals surface area contributed by atoms with Gasteiger partial charge in [-0.1, -0.05) is 164 Å². The lowest BCUT2D eigenvalue weighted by atomic mass is 9.97. The highest BCUT2D eigenvalue weighted by Crippen LogP contribution is 2.44. The van der Waals surface area contributed by atoms with Crippen LogP contribution >= 0.6 is 11.3 Å². The van der Waals surface area contributed by atoms with Crippen LogP contribution in [0.3, 0.4) is 0 Å². The molecule has 3 heterocycles. The molecule has 0 spiro atoms. The second-order valence-electron chi connectivity index (χ2n) is 17.6. The van der Waals surface area contributed by atoms with Gasteiger partial charge in [0.1, 0.15) is 11.2 Å². The Bertz CT molecular complexity index is 4200. The van der Waals surface area contributed by atoms with E-state index in [1.807, 2.05) is 11.3 Å². The first-order chi connectivity index (χ1) is 33.7. The Morgan fingerprint density at radius 3 is 1.51 bits per heavy atom. The molecule has 0 fully saturated rings. The van der Waals surface area contributed by atoms with Gasteiger partial charge in [0.15, 0.2) is 0 Å². The van der Waals surface area contributed by atoms with Crippen molar-refractivity contribution in [2.75, 3.05) is 4.90 Å². The Morgan fingerprint density at radius 2 is 0.838 bits per heavy atom. The van der Waals surface area contributed by atoms with Gasteiger partial charge in [-0.15, -0.1) is 11.3 Å². The Balaban J connectivity index is 0.886. The quantitative estimate of drug-likeness (QED) is 0.159. The number of nitrogens with zero attached hydrogens (tertiary/aromatic N) is 2. The van der Waals surface area contributed by atoms with E-state index in [4.69, 9.17) is 4.42 Å². The molecule has 0 aliphatic rings. The average molecular weight is 885 g/mol. The number of hydrogen-bond acceptors (Lipinski definition) is 3. The molecule has 0 aliphatic carbocycles. The molecule has 68 heavy (non-hydrogen) atoms. The van der Waals surface area contributed by atoms with E-state index in [2.05, 4.69) is 252 Å². The topological polar surface area (TPSA) is 21.3 Å². The van der Waals surface area contributed by atoms with E-state index < -0.39 is 0 Å². The molecule has 3 nitrogen and oxygen atoms in total. The van der Waals surface area contributed by atoms with Gasteiger partial charge < -0.3 is 13.9 Å². The minimum atomic E-state index is 0.894. The smallest absolute Gasteiger partial charge is 0.143 e. The summed E-state index contributed by atoms with van der Waals surface area (Å²) in [5, 5.41) is 9.71. The Labute approximate surface area is 396 Å². The molecule has 0 amide bonds. The lowest BCUT2D eigenvalue weighted by Crippen LogP contribution is -2.09. The summed E-state index contributed by atoms with van der Waals surface area (Å²) in [7, 11) is 0. The third-order valence-corrected chi connectivity index (χ3v) is 15.0. The lowest BCUT2D eigenvalue weighted by molar-refractivity contribution is 0.673. The molecule has 0 aliphatic heterocycles. The third kappa shape index (κ3) is 6.05. The van der Waals surface area contributed by atoms with E-state index in [1.165, 1.54) is 64.1 Å². The second kappa shape index (κ2) is 15.5. The van der Waals surface area contributed by atoms with Crippen LogP contribution in [0.25, 0.3) is 114 Å². The van der Waals surface area contributed by atoms with E-state index in [0.29, 0.717) is 0 Å². The van der Waals surface area contributed by atoms with Crippen LogP contribution in [0.2, 0.25) is 0 Å². The first kappa shape index (κ1) is 38.6. The summed E-state index contributed by atoms with van der Waals surface area (Å²) < 4.78 is 11.6. The molecule has 0 saturated heterocycles. The van der Waals surface area contributed by atoms with Gasteiger partial charge in [0.05, 0.1) is 16.7 Å². The van der Waals surface area contributed by atoms with Gasteiger partial charge in [0.25, 0.3) is 0 Å². The average Bonchev–Trinajstić information content (AvgIpc) is 4.10. The van der Waals surface area contributed by atoms with Crippen molar-refractivity contribution in [3.8, 4) is 39.1 Å². The molecule has 4 heteroatoms. The number of fused-ring (bicyclic) bond motifs is 11. The molecular formula is C64H40N2OS. The Hall–Kier alpha value is -8.70. The van der Waals surface area contributed by atoms with Gasteiger partial charge in [-0.2, -0.15) is 0 Å². The molecule has 0 N–H and O–H groups in total. The van der Waals surface area contributed by atoms with Gasteiger partial charge in [-0.25, -0.2) is 0 Å². The standard InChI is InChI=1S/C64H40N2OS/c1-2-15-51-41(13-1)33-40-55-62-49(19-11-24-59(62)67-64(51)55)43-29-36-46(37-30-43)65(47-38-31-44(32-39-47)50-20-12-26-61-63(50)54-18-6-10-25-60(54)68-61)45-34-27-42(28-35-45)48-14-3-7-21-56(48)66-57-22-8-4-16-52(57)53-17-5-9-23-58(53)66/h1-40H. The van der Waals surface area contributed by atoms with E-state index in [-0.39, 0.29) is 0 Å². The molecular weight excluding hydrogens is 845 g/mol. The molecule has 11 aromatic carbocycles.